The maximum atomic E-state index is 12.2. The Labute approximate surface area is 110 Å². The lowest BCUT2D eigenvalue weighted by molar-refractivity contribution is -0.148. The van der Waals surface area contributed by atoms with Gasteiger partial charge in [-0.25, -0.2) is 0 Å². The molecule has 0 bridgehead atoms. The van der Waals surface area contributed by atoms with Gasteiger partial charge >= 0.3 is 5.97 Å². The number of carboxylic acid groups (broad SMARTS) is 1. The molecule has 18 heavy (non-hydrogen) atoms. The van der Waals surface area contributed by atoms with E-state index in [1.807, 2.05) is 23.8 Å². The fourth-order valence-electron chi connectivity index (χ4n) is 2.49. The van der Waals surface area contributed by atoms with Crippen LogP contribution in [-0.4, -0.2) is 34.5 Å². The number of piperidine rings is 1. The van der Waals surface area contributed by atoms with Crippen LogP contribution < -0.4 is 0 Å². The maximum Gasteiger partial charge on any atom is 0.308 e. The van der Waals surface area contributed by atoms with Gasteiger partial charge in [0.1, 0.15) is 0 Å². The SMILES string of the molecule is C[C@@H]1[C@H](C(=O)O)CCCN1C(=O)Cc1ccsc1. The van der Waals surface area contributed by atoms with E-state index in [1.54, 1.807) is 16.2 Å². The number of likely N-dealkylation sites (tertiary alicyclic amines) is 1. The Hall–Kier alpha value is -1.36. The summed E-state index contributed by atoms with van der Waals surface area (Å²) >= 11 is 1.57. The van der Waals surface area contributed by atoms with Gasteiger partial charge in [-0.05, 0) is 42.2 Å². The molecule has 1 saturated heterocycles. The molecule has 0 unspecified atom stereocenters. The molecule has 1 aliphatic rings. The van der Waals surface area contributed by atoms with Crippen LogP contribution in [0.1, 0.15) is 25.3 Å². The summed E-state index contributed by atoms with van der Waals surface area (Å²) < 4.78 is 0. The third kappa shape index (κ3) is 2.72. The summed E-state index contributed by atoms with van der Waals surface area (Å²) in [5.74, 6) is -1.19. The molecular weight excluding hydrogens is 250 g/mol. The first kappa shape index (κ1) is 13.1. The highest BCUT2D eigenvalue weighted by atomic mass is 32.1. The largest absolute Gasteiger partial charge is 0.481 e. The van der Waals surface area contributed by atoms with Gasteiger partial charge in [0.25, 0.3) is 0 Å². The Morgan fingerprint density at radius 1 is 1.56 bits per heavy atom. The van der Waals surface area contributed by atoms with E-state index in [0.29, 0.717) is 19.4 Å². The third-order valence-corrected chi connectivity index (χ3v) is 4.29. The molecule has 0 aliphatic carbocycles. The van der Waals surface area contributed by atoms with E-state index in [0.717, 1.165) is 12.0 Å². The van der Waals surface area contributed by atoms with Gasteiger partial charge in [-0.3, -0.25) is 9.59 Å². The minimum Gasteiger partial charge on any atom is -0.481 e. The van der Waals surface area contributed by atoms with E-state index in [2.05, 4.69) is 0 Å². The van der Waals surface area contributed by atoms with Crippen LogP contribution in [0.4, 0.5) is 0 Å². The molecule has 1 aliphatic heterocycles. The molecule has 0 saturated carbocycles. The van der Waals surface area contributed by atoms with Crippen LogP contribution in [0, 0.1) is 5.92 Å². The van der Waals surface area contributed by atoms with E-state index in [4.69, 9.17) is 5.11 Å². The predicted octanol–water partition coefficient (Wildman–Crippen LogP) is 2.00. The summed E-state index contributed by atoms with van der Waals surface area (Å²) in [5, 5.41) is 13.0. The van der Waals surface area contributed by atoms with Crippen molar-refractivity contribution in [3.05, 3.63) is 22.4 Å². The zero-order valence-electron chi connectivity index (χ0n) is 10.3. The number of nitrogens with zero attached hydrogens (tertiary/aromatic N) is 1. The molecule has 0 aromatic carbocycles. The third-order valence-electron chi connectivity index (χ3n) is 3.56. The van der Waals surface area contributed by atoms with Gasteiger partial charge < -0.3 is 10.0 Å². The lowest BCUT2D eigenvalue weighted by atomic mass is 9.90. The lowest BCUT2D eigenvalue weighted by Gasteiger charge is -2.37. The molecule has 0 spiro atoms. The number of rotatable bonds is 3. The van der Waals surface area contributed by atoms with E-state index in [1.165, 1.54) is 0 Å². The van der Waals surface area contributed by atoms with Crippen molar-refractivity contribution < 1.29 is 14.7 Å². The molecule has 5 heteroatoms. The van der Waals surface area contributed by atoms with Gasteiger partial charge in [-0.2, -0.15) is 11.3 Å². The van der Waals surface area contributed by atoms with Gasteiger partial charge in [0.15, 0.2) is 0 Å². The van der Waals surface area contributed by atoms with E-state index in [-0.39, 0.29) is 11.9 Å². The Morgan fingerprint density at radius 2 is 2.33 bits per heavy atom. The second kappa shape index (κ2) is 5.52. The van der Waals surface area contributed by atoms with Crippen LogP contribution in [0.25, 0.3) is 0 Å². The summed E-state index contributed by atoms with van der Waals surface area (Å²) in [6.07, 6.45) is 1.82. The van der Waals surface area contributed by atoms with Gasteiger partial charge in [0.2, 0.25) is 5.91 Å². The van der Waals surface area contributed by atoms with Crippen molar-refractivity contribution in [1.29, 1.82) is 0 Å². The van der Waals surface area contributed by atoms with Crippen LogP contribution in [0.15, 0.2) is 16.8 Å². The standard InChI is InChI=1S/C13H17NO3S/c1-9-11(13(16)17)3-2-5-14(9)12(15)7-10-4-6-18-8-10/h4,6,8-9,11H,2-3,5,7H2,1H3,(H,16,17)/t9-,11-/m1/s1. The summed E-state index contributed by atoms with van der Waals surface area (Å²) in [7, 11) is 0. The van der Waals surface area contributed by atoms with Crippen LogP contribution in [0.2, 0.25) is 0 Å². The first-order chi connectivity index (χ1) is 8.59. The van der Waals surface area contributed by atoms with Gasteiger partial charge in [-0.15, -0.1) is 0 Å². The van der Waals surface area contributed by atoms with Crippen LogP contribution in [0.3, 0.4) is 0 Å². The summed E-state index contributed by atoms with van der Waals surface area (Å²) in [6, 6.07) is 1.73. The second-order valence-electron chi connectivity index (χ2n) is 4.72. The zero-order chi connectivity index (χ0) is 13.1. The lowest BCUT2D eigenvalue weighted by Crippen LogP contribution is -2.49. The smallest absolute Gasteiger partial charge is 0.308 e. The number of hydrogen-bond donors (Lipinski definition) is 1. The van der Waals surface area contributed by atoms with Crippen molar-refractivity contribution in [3.8, 4) is 0 Å². The molecule has 2 heterocycles. The monoisotopic (exact) mass is 267 g/mol. The molecule has 4 nitrogen and oxygen atoms in total. The quantitative estimate of drug-likeness (QED) is 0.911. The summed E-state index contributed by atoms with van der Waals surface area (Å²) in [6.45, 7) is 2.51. The number of hydrogen-bond acceptors (Lipinski definition) is 3. The second-order valence-corrected chi connectivity index (χ2v) is 5.50. The van der Waals surface area contributed by atoms with E-state index < -0.39 is 11.9 Å². The van der Waals surface area contributed by atoms with Crippen molar-refractivity contribution >= 4 is 23.2 Å². The Morgan fingerprint density at radius 3 is 2.94 bits per heavy atom. The predicted molar refractivity (Wildman–Crippen MR) is 69.6 cm³/mol. The van der Waals surface area contributed by atoms with E-state index >= 15 is 0 Å². The number of carboxylic acids is 1. The average molecular weight is 267 g/mol. The van der Waals surface area contributed by atoms with Gasteiger partial charge in [-0.1, -0.05) is 0 Å². The molecule has 0 radical (unpaired) electrons. The Kier molecular flexibility index (Phi) is 4.01. The van der Waals surface area contributed by atoms with Gasteiger partial charge in [0.05, 0.1) is 12.3 Å². The number of thiophene rings is 1. The normalized spacial score (nSPS) is 23.9. The Balaban J connectivity index is 2.03. The molecule has 1 amide bonds. The van der Waals surface area contributed by atoms with Crippen LogP contribution in [0.5, 0.6) is 0 Å². The van der Waals surface area contributed by atoms with Crippen LogP contribution in [-0.2, 0) is 16.0 Å². The summed E-state index contributed by atoms with van der Waals surface area (Å²) in [4.78, 5) is 25.0. The first-order valence-corrected chi connectivity index (χ1v) is 7.07. The summed E-state index contributed by atoms with van der Waals surface area (Å²) in [5.41, 5.74) is 1.01. The van der Waals surface area contributed by atoms with Gasteiger partial charge in [0, 0.05) is 12.6 Å². The molecular formula is C13H17NO3S. The number of amides is 1. The fraction of sp³-hybridized carbons (Fsp3) is 0.538. The highest BCUT2D eigenvalue weighted by molar-refractivity contribution is 7.07. The molecule has 1 aromatic heterocycles. The molecule has 2 atom stereocenters. The van der Waals surface area contributed by atoms with Crippen molar-refractivity contribution in [2.24, 2.45) is 5.92 Å². The number of carbonyl (C=O) groups excluding carboxylic acids is 1. The first-order valence-electron chi connectivity index (χ1n) is 6.13. The molecule has 2 rings (SSSR count). The molecule has 1 aromatic rings. The minimum absolute atomic E-state index is 0.0341. The van der Waals surface area contributed by atoms with Crippen LogP contribution >= 0.6 is 11.3 Å². The highest BCUT2D eigenvalue weighted by Crippen LogP contribution is 2.24. The van der Waals surface area contributed by atoms with Crippen molar-refractivity contribution in [2.45, 2.75) is 32.2 Å². The molecule has 1 fully saturated rings. The Bertz CT molecular complexity index is 429. The molecule has 98 valence electrons. The zero-order valence-corrected chi connectivity index (χ0v) is 11.2. The topological polar surface area (TPSA) is 57.6 Å². The average Bonchev–Trinajstić information content (AvgIpc) is 2.81. The van der Waals surface area contributed by atoms with Crippen molar-refractivity contribution in [2.75, 3.05) is 6.54 Å². The highest BCUT2D eigenvalue weighted by Gasteiger charge is 2.35. The van der Waals surface area contributed by atoms with Crippen molar-refractivity contribution in [3.63, 3.8) is 0 Å². The maximum absolute atomic E-state index is 12.2. The van der Waals surface area contributed by atoms with Crippen molar-refractivity contribution in [1.82, 2.24) is 4.90 Å². The van der Waals surface area contributed by atoms with E-state index in [9.17, 15) is 9.59 Å². The molecule has 1 N–H and O–H groups in total. The number of aliphatic carboxylic acids is 1. The number of carbonyl (C=O) groups is 2. The minimum atomic E-state index is -0.796. The fourth-order valence-corrected chi connectivity index (χ4v) is 3.16.